The van der Waals surface area contributed by atoms with Crippen LogP contribution in [0, 0.1) is 6.92 Å². The number of hydrogen-bond acceptors (Lipinski definition) is 6. The fraction of sp³-hybridized carbons (Fsp3) is 0.200. The van der Waals surface area contributed by atoms with E-state index >= 15 is 0 Å². The topological polar surface area (TPSA) is 108 Å². The van der Waals surface area contributed by atoms with Crippen molar-refractivity contribution in [2.45, 2.75) is 13.5 Å². The smallest absolute Gasteiger partial charge is 0.256 e. The van der Waals surface area contributed by atoms with Crippen LogP contribution in [0.15, 0.2) is 47.9 Å². The van der Waals surface area contributed by atoms with Gasteiger partial charge in [-0.1, -0.05) is 6.07 Å². The summed E-state index contributed by atoms with van der Waals surface area (Å²) in [5, 5.41) is 13.7. The zero-order valence-electron chi connectivity index (χ0n) is 13.0. The van der Waals surface area contributed by atoms with Gasteiger partial charge in [-0.2, -0.15) is 0 Å². The predicted octanol–water partition coefficient (Wildman–Crippen LogP) is -0.0426. The molecule has 122 valence electrons. The fourth-order valence-electron chi connectivity index (χ4n) is 2.18. The van der Waals surface area contributed by atoms with Crippen LogP contribution in [0.1, 0.15) is 15.9 Å². The summed E-state index contributed by atoms with van der Waals surface area (Å²) in [7, 11) is 0. The molecule has 9 heteroatoms. The van der Waals surface area contributed by atoms with E-state index in [1.807, 2.05) is 0 Å². The highest BCUT2D eigenvalue weighted by Crippen LogP contribution is 2.08. The lowest BCUT2D eigenvalue weighted by Crippen LogP contribution is -2.31. The van der Waals surface area contributed by atoms with Gasteiger partial charge in [-0.05, 0) is 35.5 Å². The average Bonchev–Trinajstić information content (AvgIpc) is 3.13. The number of carbonyl (C=O) groups is 1. The van der Waals surface area contributed by atoms with Crippen molar-refractivity contribution < 1.29 is 4.79 Å². The Hall–Kier alpha value is -3.36. The number of hydrogen-bond donors (Lipinski definition) is 1. The van der Waals surface area contributed by atoms with E-state index in [9.17, 15) is 9.59 Å². The summed E-state index contributed by atoms with van der Waals surface area (Å²) in [5.41, 5.74) is 1.63. The third-order valence-electron chi connectivity index (χ3n) is 3.43. The molecule has 0 bridgehead atoms. The first-order valence-corrected chi connectivity index (χ1v) is 7.28. The van der Waals surface area contributed by atoms with Gasteiger partial charge < -0.3 is 5.32 Å². The molecule has 0 aliphatic rings. The van der Waals surface area contributed by atoms with Gasteiger partial charge in [0.2, 0.25) is 0 Å². The third kappa shape index (κ3) is 3.35. The lowest BCUT2D eigenvalue weighted by Gasteiger charge is -2.08. The van der Waals surface area contributed by atoms with E-state index in [1.165, 1.54) is 28.1 Å². The molecule has 1 amide bonds. The van der Waals surface area contributed by atoms with Gasteiger partial charge in [0.15, 0.2) is 0 Å². The second-order valence-electron chi connectivity index (χ2n) is 5.14. The summed E-state index contributed by atoms with van der Waals surface area (Å²) in [6.45, 7) is 2.37. The summed E-state index contributed by atoms with van der Waals surface area (Å²) in [6, 6.07) is 6.93. The highest BCUT2D eigenvalue weighted by Gasteiger charge is 2.08. The summed E-state index contributed by atoms with van der Waals surface area (Å²) in [6.07, 6.45) is 4.43. The maximum atomic E-state index is 12.2. The van der Waals surface area contributed by atoms with Crippen LogP contribution >= 0.6 is 0 Å². The molecule has 0 atom stereocenters. The fourth-order valence-corrected chi connectivity index (χ4v) is 2.18. The molecule has 0 saturated carbocycles. The minimum Gasteiger partial charge on any atom is -0.350 e. The minimum atomic E-state index is -0.237. The van der Waals surface area contributed by atoms with Crippen molar-refractivity contribution in [1.82, 2.24) is 35.1 Å². The second-order valence-corrected chi connectivity index (χ2v) is 5.14. The van der Waals surface area contributed by atoms with Gasteiger partial charge in [-0.25, -0.2) is 9.67 Å². The number of amides is 1. The summed E-state index contributed by atoms with van der Waals surface area (Å²) < 4.78 is 2.93. The Morgan fingerprint density at radius 2 is 2.17 bits per heavy atom. The molecule has 1 N–H and O–H groups in total. The molecular weight excluding hydrogens is 310 g/mol. The number of aryl methyl sites for hydroxylation is 1. The van der Waals surface area contributed by atoms with Gasteiger partial charge in [-0.3, -0.25) is 14.2 Å². The molecule has 0 fully saturated rings. The number of benzene rings is 1. The maximum Gasteiger partial charge on any atom is 0.256 e. The first kappa shape index (κ1) is 15.5. The van der Waals surface area contributed by atoms with Crippen LogP contribution in [0.3, 0.4) is 0 Å². The molecule has 0 aliphatic heterocycles. The number of rotatable bonds is 5. The maximum absolute atomic E-state index is 12.2. The van der Waals surface area contributed by atoms with E-state index in [1.54, 1.807) is 31.2 Å². The molecule has 2 aromatic heterocycles. The Morgan fingerprint density at radius 1 is 1.29 bits per heavy atom. The molecule has 0 radical (unpaired) electrons. The number of nitrogens with zero attached hydrogens (tertiary/aromatic N) is 6. The summed E-state index contributed by atoms with van der Waals surface area (Å²) >= 11 is 0. The Bertz CT molecular complexity index is 902. The zero-order chi connectivity index (χ0) is 16.9. The van der Waals surface area contributed by atoms with Gasteiger partial charge in [-0.15, -0.1) is 5.10 Å². The van der Waals surface area contributed by atoms with Gasteiger partial charge in [0.1, 0.15) is 6.33 Å². The van der Waals surface area contributed by atoms with Crippen LogP contribution < -0.4 is 10.9 Å². The largest absolute Gasteiger partial charge is 0.350 e. The van der Waals surface area contributed by atoms with Crippen molar-refractivity contribution >= 4 is 5.91 Å². The molecule has 3 rings (SSSR count). The van der Waals surface area contributed by atoms with Crippen molar-refractivity contribution in [3.05, 3.63) is 64.6 Å². The molecule has 0 spiro atoms. The Labute approximate surface area is 137 Å². The molecule has 24 heavy (non-hydrogen) atoms. The lowest BCUT2D eigenvalue weighted by molar-refractivity contribution is 0.0952. The van der Waals surface area contributed by atoms with Crippen LogP contribution in [0.4, 0.5) is 0 Å². The van der Waals surface area contributed by atoms with Crippen LogP contribution in [-0.2, 0) is 6.54 Å². The van der Waals surface area contributed by atoms with Crippen LogP contribution in [-0.4, -0.2) is 42.2 Å². The Morgan fingerprint density at radius 3 is 2.96 bits per heavy atom. The van der Waals surface area contributed by atoms with E-state index in [4.69, 9.17) is 0 Å². The molecule has 2 heterocycles. The van der Waals surface area contributed by atoms with Gasteiger partial charge in [0.05, 0.1) is 12.0 Å². The molecule has 0 unspecified atom stereocenters. The molecule has 0 saturated heterocycles. The highest BCUT2D eigenvalue weighted by molar-refractivity contribution is 5.94. The molecule has 3 aromatic rings. The van der Waals surface area contributed by atoms with E-state index in [0.29, 0.717) is 29.9 Å². The standard InChI is InChI=1S/C15H15N7O2/c1-11-8-16-9-21(15(11)24)6-5-17-14(23)12-3-2-4-13(7-12)22-10-18-19-20-22/h2-4,7-10H,5-6H2,1H3,(H,17,23). The second kappa shape index (κ2) is 6.82. The van der Waals surface area contributed by atoms with E-state index < -0.39 is 0 Å². The number of tetrazole rings is 1. The van der Waals surface area contributed by atoms with Gasteiger partial charge in [0, 0.05) is 30.4 Å². The van der Waals surface area contributed by atoms with E-state index in [2.05, 4.69) is 25.8 Å². The molecule has 1 aromatic carbocycles. The van der Waals surface area contributed by atoms with Crippen LogP contribution in [0.2, 0.25) is 0 Å². The summed E-state index contributed by atoms with van der Waals surface area (Å²) in [5.74, 6) is -0.237. The van der Waals surface area contributed by atoms with Crippen LogP contribution in [0.5, 0.6) is 0 Å². The lowest BCUT2D eigenvalue weighted by atomic mass is 10.2. The number of carbonyl (C=O) groups excluding carboxylic acids is 1. The highest BCUT2D eigenvalue weighted by atomic mass is 16.1. The monoisotopic (exact) mass is 325 g/mol. The van der Waals surface area contributed by atoms with Crippen molar-refractivity contribution in [2.24, 2.45) is 0 Å². The quantitative estimate of drug-likeness (QED) is 0.705. The van der Waals surface area contributed by atoms with Crippen molar-refractivity contribution in [2.75, 3.05) is 6.54 Å². The first-order chi connectivity index (χ1) is 11.6. The SMILES string of the molecule is Cc1cncn(CCNC(=O)c2cccc(-n3cnnn3)c2)c1=O. The van der Waals surface area contributed by atoms with E-state index in [-0.39, 0.29) is 11.5 Å². The van der Waals surface area contributed by atoms with Crippen LogP contribution in [0.25, 0.3) is 5.69 Å². The predicted molar refractivity (Wildman–Crippen MR) is 84.7 cm³/mol. The van der Waals surface area contributed by atoms with Gasteiger partial charge >= 0.3 is 0 Å². The van der Waals surface area contributed by atoms with E-state index in [0.717, 1.165) is 0 Å². The normalized spacial score (nSPS) is 10.5. The molecule has 0 aliphatic carbocycles. The zero-order valence-corrected chi connectivity index (χ0v) is 13.0. The van der Waals surface area contributed by atoms with Gasteiger partial charge in [0.25, 0.3) is 11.5 Å². The minimum absolute atomic E-state index is 0.111. The summed E-state index contributed by atoms with van der Waals surface area (Å²) in [4.78, 5) is 28.1. The third-order valence-corrected chi connectivity index (χ3v) is 3.43. The number of nitrogens with one attached hydrogen (secondary N) is 1. The Balaban J connectivity index is 1.64. The van der Waals surface area contributed by atoms with Crippen molar-refractivity contribution in [3.8, 4) is 5.69 Å². The first-order valence-electron chi connectivity index (χ1n) is 7.28. The Kier molecular flexibility index (Phi) is 4.41. The van der Waals surface area contributed by atoms with Crippen molar-refractivity contribution in [3.63, 3.8) is 0 Å². The molecule has 9 nitrogen and oxygen atoms in total. The number of aromatic nitrogens is 6. The molecular formula is C15H15N7O2. The average molecular weight is 325 g/mol. The van der Waals surface area contributed by atoms with Crippen molar-refractivity contribution in [1.29, 1.82) is 0 Å².